The highest BCUT2D eigenvalue weighted by Crippen LogP contribution is 2.34. The van der Waals surface area contributed by atoms with Crippen molar-refractivity contribution in [2.45, 2.75) is 40.3 Å². The number of imidazole rings is 1. The summed E-state index contributed by atoms with van der Waals surface area (Å²) in [6.07, 6.45) is 1.82. The summed E-state index contributed by atoms with van der Waals surface area (Å²) in [5.41, 5.74) is 1.13. The number of aromatic nitrogens is 2. The number of benzene rings is 1. The molecule has 0 saturated heterocycles. The standard InChI is InChI=1S/C19H22FN5O2/c1-10(2)22-18(23-12(4)21)16-9-25-5-6-27-17-8-15(20)13(11(3)26)7-14(17)19(25)24-16/h7-10H,5-6H2,1-4H3,(H2,21,22,23). The number of hydrogen-bond acceptors (Lipinski definition) is 4. The molecule has 142 valence electrons. The summed E-state index contributed by atoms with van der Waals surface area (Å²) >= 11 is 0. The van der Waals surface area contributed by atoms with E-state index in [1.165, 1.54) is 19.1 Å². The number of carbonyl (C=O) groups is 1. The zero-order valence-corrected chi connectivity index (χ0v) is 15.8. The molecule has 0 unspecified atom stereocenters. The lowest BCUT2D eigenvalue weighted by Gasteiger charge is -2.11. The second-order valence-electron chi connectivity index (χ2n) is 6.72. The number of hydrogen-bond donors (Lipinski definition) is 2. The van der Waals surface area contributed by atoms with Gasteiger partial charge in [0.25, 0.3) is 0 Å². The molecule has 1 aliphatic heterocycles. The molecule has 0 amide bonds. The van der Waals surface area contributed by atoms with E-state index in [1.807, 2.05) is 24.6 Å². The van der Waals surface area contributed by atoms with Crippen LogP contribution in [0.3, 0.4) is 0 Å². The van der Waals surface area contributed by atoms with Crippen molar-refractivity contribution in [1.82, 2.24) is 14.9 Å². The molecule has 0 fully saturated rings. The fourth-order valence-electron chi connectivity index (χ4n) is 2.89. The number of carbonyl (C=O) groups excluding carboxylic acids is 1. The van der Waals surface area contributed by atoms with Gasteiger partial charge in [-0.2, -0.15) is 0 Å². The van der Waals surface area contributed by atoms with Crippen molar-refractivity contribution in [2.24, 2.45) is 4.99 Å². The number of nitrogens with one attached hydrogen (secondary N) is 2. The van der Waals surface area contributed by atoms with Crippen LogP contribution in [0.5, 0.6) is 5.75 Å². The number of halogens is 1. The molecule has 0 atom stereocenters. The predicted molar refractivity (Wildman–Crippen MR) is 101 cm³/mol. The molecule has 3 rings (SSSR count). The molecule has 27 heavy (non-hydrogen) atoms. The second-order valence-corrected chi connectivity index (χ2v) is 6.72. The molecule has 0 saturated carbocycles. The van der Waals surface area contributed by atoms with Gasteiger partial charge in [0.05, 0.1) is 17.7 Å². The molecule has 8 heteroatoms. The number of ether oxygens (including phenoxy) is 1. The third kappa shape index (κ3) is 3.89. The Kier molecular flexibility index (Phi) is 5.07. The van der Waals surface area contributed by atoms with Gasteiger partial charge in [-0.3, -0.25) is 10.2 Å². The molecule has 0 radical (unpaired) electrons. The lowest BCUT2D eigenvalue weighted by atomic mass is 10.1. The van der Waals surface area contributed by atoms with Crippen LogP contribution >= 0.6 is 0 Å². The number of Topliss-reactive ketones (excluding diaryl/α,β-unsaturated/α-hetero) is 1. The van der Waals surface area contributed by atoms with Gasteiger partial charge in [-0.05, 0) is 33.8 Å². The van der Waals surface area contributed by atoms with E-state index in [1.54, 1.807) is 6.92 Å². The first-order valence-corrected chi connectivity index (χ1v) is 8.72. The van der Waals surface area contributed by atoms with Crippen molar-refractivity contribution in [2.75, 3.05) is 6.61 Å². The van der Waals surface area contributed by atoms with Crippen LogP contribution in [0, 0.1) is 11.2 Å². The van der Waals surface area contributed by atoms with Crippen LogP contribution in [-0.2, 0) is 6.54 Å². The lowest BCUT2D eigenvalue weighted by molar-refractivity contribution is 0.101. The average molecular weight is 371 g/mol. The summed E-state index contributed by atoms with van der Waals surface area (Å²) in [6.45, 7) is 7.73. The number of rotatable bonds is 3. The SMILES string of the molecule is CC(=N)/N=C(\NC(C)C)c1cn2c(n1)-c1cc(C(C)=O)c(F)cc1OCC2. The van der Waals surface area contributed by atoms with Crippen molar-refractivity contribution >= 4 is 17.5 Å². The van der Waals surface area contributed by atoms with Gasteiger partial charge in [0.2, 0.25) is 0 Å². The van der Waals surface area contributed by atoms with Gasteiger partial charge in [0, 0.05) is 18.3 Å². The first kappa shape index (κ1) is 18.8. The predicted octanol–water partition coefficient (Wildman–Crippen LogP) is 3.03. The average Bonchev–Trinajstić information content (AvgIpc) is 2.90. The van der Waals surface area contributed by atoms with Crippen LogP contribution in [0.4, 0.5) is 4.39 Å². The Bertz CT molecular complexity index is 946. The van der Waals surface area contributed by atoms with E-state index in [0.29, 0.717) is 41.8 Å². The third-order valence-electron chi connectivity index (χ3n) is 4.00. The maximum atomic E-state index is 14.2. The minimum atomic E-state index is -0.607. The van der Waals surface area contributed by atoms with Gasteiger partial charge in [-0.25, -0.2) is 14.4 Å². The highest BCUT2D eigenvalue weighted by atomic mass is 19.1. The van der Waals surface area contributed by atoms with Crippen molar-refractivity contribution in [3.05, 3.63) is 35.4 Å². The van der Waals surface area contributed by atoms with E-state index in [9.17, 15) is 9.18 Å². The molecule has 7 nitrogen and oxygen atoms in total. The molecule has 2 aromatic rings. The molecule has 1 aromatic heterocycles. The summed E-state index contributed by atoms with van der Waals surface area (Å²) in [6, 6.07) is 2.83. The third-order valence-corrected chi connectivity index (χ3v) is 4.00. The summed E-state index contributed by atoms with van der Waals surface area (Å²) < 4.78 is 21.7. The van der Waals surface area contributed by atoms with Crippen LogP contribution in [0.15, 0.2) is 23.3 Å². The maximum Gasteiger partial charge on any atom is 0.162 e. The monoisotopic (exact) mass is 371 g/mol. The van der Waals surface area contributed by atoms with E-state index in [-0.39, 0.29) is 23.2 Å². The molecule has 0 bridgehead atoms. The lowest BCUT2D eigenvalue weighted by Crippen LogP contribution is -2.32. The van der Waals surface area contributed by atoms with Crippen LogP contribution in [0.2, 0.25) is 0 Å². The van der Waals surface area contributed by atoms with E-state index in [2.05, 4.69) is 15.3 Å². The Morgan fingerprint density at radius 1 is 1.41 bits per heavy atom. The molecular formula is C19H22FN5O2. The highest BCUT2D eigenvalue weighted by Gasteiger charge is 2.23. The molecule has 0 spiro atoms. The fourth-order valence-corrected chi connectivity index (χ4v) is 2.89. The Hall–Kier alpha value is -3.03. The second kappa shape index (κ2) is 7.30. The normalized spacial score (nSPS) is 13.5. The molecule has 2 heterocycles. The maximum absolute atomic E-state index is 14.2. The Balaban J connectivity index is 2.15. The number of nitrogens with zero attached hydrogens (tertiary/aromatic N) is 3. The minimum absolute atomic E-state index is 0.000109. The van der Waals surface area contributed by atoms with Crippen molar-refractivity contribution in [3.8, 4) is 17.1 Å². The first-order valence-electron chi connectivity index (χ1n) is 8.72. The zero-order valence-electron chi connectivity index (χ0n) is 15.8. The van der Waals surface area contributed by atoms with E-state index >= 15 is 0 Å². The van der Waals surface area contributed by atoms with E-state index in [0.717, 1.165) is 0 Å². The van der Waals surface area contributed by atoms with Gasteiger partial charge >= 0.3 is 0 Å². The van der Waals surface area contributed by atoms with Gasteiger partial charge in [-0.15, -0.1) is 0 Å². The molecule has 0 aliphatic carbocycles. The van der Waals surface area contributed by atoms with Crippen molar-refractivity contribution < 1.29 is 13.9 Å². The van der Waals surface area contributed by atoms with Crippen molar-refractivity contribution in [1.29, 1.82) is 5.41 Å². The highest BCUT2D eigenvalue weighted by molar-refractivity contribution is 6.04. The molecule has 1 aliphatic rings. The Labute approximate surface area is 156 Å². The smallest absolute Gasteiger partial charge is 0.162 e. The minimum Gasteiger partial charge on any atom is -0.491 e. The largest absolute Gasteiger partial charge is 0.491 e. The molecule has 1 aromatic carbocycles. The summed E-state index contributed by atoms with van der Waals surface area (Å²) in [7, 11) is 0. The number of fused-ring (bicyclic) bond motifs is 3. The van der Waals surface area contributed by atoms with Gasteiger partial charge in [0.1, 0.15) is 35.5 Å². The number of amidine groups is 2. The summed E-state index contributed by atoms with van der Waals surface area (Å²) in [5.74, 6) is 0.610. The number of aliphatic imine (C=N–C) groups is 1. The Morgan fingerprint density at radius 2 is 2.15 bits per heavy atom. The molecule has 2 N–H and O–H groups in total. The van der Waals surface area contributed by atoms with Crippen LogP contribution in [-0.4, -0.2) is 39.7 Å². The first-order chi connectivity index (χ1) is 12.8. The van der Waals surface area contributed by atoms with Crippen LogP contribution in [0.1, 0.15) is 43.7 Å². The summed E-state index contributed by atoms with van der Waals surface area (Å²) in [4.78, 5) is 20.6. The summed E-state index contributed by atoms with van der Waals surface area (Å²) in [5, 5.41) is 10.9. The zero-order chi connectivity index (χ0) is 19.7. The molecular weight excluding hydrogens is 349 g/mol. The fraction of sp³-hybridized carbons (Fsp3) is 0.368. The van der Waals surface area contributed by atoms with Crippen LogP contribution < -0.4 is 10.1 Å². The number of ketones is 1. The topological polar surface area (TPSA) is 92.4 Å². The van der Waals surface area contributed by atoms with Crippen molar-refractivity contribution in [3.63, 3.8) is 0 Å². The van der Waals surface area contributed by atoms with Gasteiger partial charge in [0.15, 0.2) is 11.6 Å². The van der Waals surface area contributed by atoms with E-state index < -0.39 is 5.82 Å². The van der Waals surface area contributed by atoms with E-state index in [4.69, 9.17) is 10.1 Å². The van der Waals surface area contributed by atoms with Crippen LogP contribution in [0.25, 0.3) is 11.4 Å². The van der Waals surface area contributed by atoms with Gasteiger partial charge < -0.3 is 14.6 Å². The van der Waals surface area contributed by atoms with Gasteiger partial charge in [-0.1, -0.05) is 0 Å². The Morgan fingerprint density at radius 3 is 2.78 bits per heavy atom. The quantitative estimate of drug-likeness (QED) is 0.493.